The molecule has 6 nitrogen and oxygen atoms in total. The highest BCUT2D eigenvalue weighted by Crippen LogP contribution is 2.25. The second-order valence-corrected chi connectivity index (χ2v) is 6.19. The lowest BCUT2D eigenvalue weighted by Crippen LogP contribution is -2.15. The van der Waals surface area contributed by atoms with Crippen LogP contribution in [0.4, 0.5) is 16.2 Å². The van der Waals surface area contributed by atoms with Crippen molar-refractivity contribution in [3.05, 3.63) is 42.2 Å². The zero-order valence-electron chi connectivity index (χ0n) is 15.1. The summed E-state index contributed by atoms with van der Waals surface area (Å²) < 4.78 is 18.2. The molecule has 0 radical (unpaired) electrons. The van der Waals surface area contributed by atoms with Gasteiger partial charge in [-0.2, -0.15) is 4.98 Å². The summed E-state index contributed by atoms with van der Waals surface area (Å²) in [4.78, 5) is 13.8. The molecule has 136 valence electrons. The van der Waals surface area contributed by atoms with Crippen LogP contribution in [0.3, 0.4) is 0 Å². The zero-order valence-corrected chi connectivity index (χ0v) is 15.1. The van der Waals surface area contributed by atoms with E-state index in [1.807, 2.05) is 26.0 Å². The Bertz CT molecular complexity index is 883. The number of anilines is 2. The van der Waals surface area contributed by atoms with Crippen molar-refractivity contribution in [2.75, 3.05) is 30.9 Å². The Balaban J connectivity index is 2.03. The normalized spacial score (nSPS) is 11.1. The third-order valence-corrected chi connectivity index (χ3v) is 3.70. The van der Waals surface area contributed by atoms with Gasteiger partial charge in [-0.3, -0.25) is 0 Å². The summed E-state index contributed by atoms with van der Waals surface area (Å²) in [7, 11) is 1.65. The minimum Gasteiger partial charge on any atom is -0.383 e. The summed E-state index contributed by atoms with van der Waals surface area (Å²) >= 11 is 0. The molecule has 0 unspecified atom stereocenters. The number of hydrogen-bond donors (Lipinski definition) is 2. The molecule has 0 spiro atoms. The SMILES string of the molecule is COCCNc1nc(NC(C)C)c2nc(-c3ccc(F)cc3)ccc2n1. The van der Waals surface area contributed by atoms with Crippen LogP contribution in [0.2, 0.25) is 0 Å². The smallest absolute Gasteiger partial charge is 0.225 e. The third-order valence-electron chi connectivity index (χ3n) is 3.70. The first-order chi connectivity index (χ1) is 12.6. The number of methoxy groups -OCH3 is 1. The quantitative estimate of drug-likeness (QED) is 0.630. The van der Waals surface area contributed by atoms with E-state index in [9.17, 15) is 4.39 Å². The minimum atomic E-state index is -0.271. The van der Waals surface area contributed by atoms with E-state index in [-0.39, 0.29) is 11.9 Å². The summed E-state index contributed by atoms with van der Waals surface area (Å²) in [6, 6.07) is 10.2. The van der Waals surface area contributed by atoms with Crippen LogP contribution in [0.1, 0.15) is 13.8 Å². The van der Waals surface area contributed by atoms with E-state index < -0.39 is 0 Å². The molecule has 3 rings (SSSR count). The van der Waals surface area contributed by atoms with Gasteiger partial charge in [0, 0.05) is 25.3 Å². The van der Waals surface area contributed by atoms with E-state index in [2.05, 4.69) is 20.6 Å². The number of rotatable bonds is 7. The molecule has 0 saturated carbocycles. The summed E-state index contributed by atoms with van der Waals surface area (Å²) in [6.45, 7) is 5.26. The van der Waals surface area contributed by atoms with Gasteiger partial charge in [-0.15, -0.1) is 0 Å². The van der Waals surface area contributed by atoms with E-state index in [1.54, 1.807) is 19.2 Å². The van der Waals surface area contributed by atoms with Crippen molar-refractivity contribution in [3.8, 4) is 11.3 Å². The molecule has 2 N–H and O–H groups in total. The van der Waals surface area contributed by atoms with Crippen LogP contribution in [0.15, 0.2) is 36.4 Å². The topological polar surface area (TPSA) is 72.0 Å². The maximum Gasteiger partial charge on any atom is 0.225 e. The maximum atomic E-state index is 13.2. The zero-order chi connectivity index (χ0) is 18.5. The van der Waals surface area contributed by atoms with Crippen LogP contribution < -0.4 is 10.6 Å². The van der Waals surface area contributed by atoms with Crippen LogP contribution in [0.25, 0.3) is 22.3 Å². The number of hydrogen-bond acceptors (Lipinski definition) is 6. The van der Waals surface area contributed by atoms with Crippen molar-refractivity contribution in [2.24, 2.45) is 0 Å². The molecule has 0 saturated heterocycles. The standard InChI is InChI=1S/C19H22FN5O/c1-12(2)22-18-17-16(24-19(25-18)21-10-11-26-3)9-8-15(23-17)13-4-6-14(20)7-5-13/h4-9,12H,10-11H2,1-3H3,(H2,21,22,24,25). The molecule has 0 amide bonds. The minimum absolute atomic E-state index is 0.191. The summed E-state index contributed by atoms with van der Waals surface area (Å²) in [5.74, 6) is 0.912. The number of benzene rings is 1. The van der Waals surface area contributed by atoms with Crippen LogP contribution in [-0.4, -0.2) is 41.3 Å². The monoisotopic (exact) mass is 355 g/mol. The van der Waals surface area contributed by atoms with Crippen molar-refractivity contribution in [2.45, 2.75) is 19.9 Å². The summed E-state index contributed by atoms with van der Waals surface area (Å²) in [5.41, 5.74) is 2.99. The Labute approximate surface area is 151 Å². The van der Waals surface area contributed by atoms with Gasteiger partial charge in [-0.1, -0.05) is 0 Å². The van der Waals surface area contributed by atoms with Crippen molar-refractivity contribution in [3.63, 3.8) is 0 Å². The van der Waals surface area contributed by atoms with Gasteiger partial charge in [0.1, 0.15) is 11.3 Å². The van der Waals surface area contributed by atoms with Crippen LogP contribution in [0.5, 0.6) is 0 Å². The average molecular weight is 355 g/mol. The summed E-state index contributed by atoms with van der Waals surface area (Å²) in [6.07, 6.45) is 0. The predicted octanol–water partition coefficient (Wildman–Crippen LogP) is 3.71. The molecular formula is C19H22FN5O. The van der Waals surface area contributed by atoms with E-state index in [4.69, 9.17) is 9.72 Å². The van der Waals surface area contributed by atoms with Gasteiger partial charge in [0.05, 0.1) is 17.8 Å². The van der Waals surface area contributed by atoms with E-state index in [0.29, 0.717) is 30.4 Å². The van der Waals surface area contributed by atoms with Gasteiger partial charge in [0.15, 0.2) is 5.82 Å². The molecule has 0 aliphatic carbocycles. The number of aromatic nitrogens is 3. The van der Waals surface area contributed by atoms with Crippen molar-refractivity contribution >= 4 is 22.8 Å². The van der Waals surface area contributed by atoms with Gasteiger partial charge in [0.25, 0.3) is 0 Å². The molecule has 0 fully saturated rings. The fourth-order valence-corrected chi connectivity index (χ4v) is 2.51. The Morgan fingerprint density at radius 2 is 1.81 bits per heavy atom. The molecule has 0 aliphatic rings. The molecule has 1 aromatic carbocycles. The fraction of sp³-hybridized carbons (Fsp3) is 0.316. The molecule has 26 heavy (non-hydrogen) atoms. The first-order valence-corrected chi connectivity index (χ1v) is 8.51. The van der Waals surface area contributed by atoms with E-state index in [1.165, 1.54) is 12.1 Å². The first-order valence-electron chi connectivity index (χ1n) is 8.51. The van der Waals surface area contributed by atoms with E-state index in [0.717, 1.165) is 16.8 Å². The Morgan fingerprint density at radius 1 is 1.04 bits per heavy atom. The first kappa shape index (κ1) is 18.0. The lowest BCUT2D eigenvalue weighted by atomic mass is 10.1. The molecule has 3 aromatic rings. The predicted molar refractivity (Wildman–Crippen MR) is 102 cm³/mol. The molecule has 7 heteroatoms. The maximum absolute atomic E-state index is 13.2. The van der Waals surface area contributed by atoms with Crippen molar-refractivity contribution in [1.29, 1.82) is 0 Å². The average Bonchev–Trinajstić information content (AvgIpc) is 2.62. The van der Waals surface area contributed by atoms with Crippen molar-refractivity contribution in [1.82, 2.24) is 15.0 Å². The molecule has 2 aromatic heterocycles. The second kappa shape index (κ2) is 8.05. The van der Waals surface area contributed by atoms with Gasteiger partial charge < -0.3 is 15.4 Å². The lowest BCUT2D eigenvalue weighted by Gasteiger charge is -2.14. The van der Waals surface area contributed by atoms with Gasteiger partial charge in [-0.25, -0.2) is 14.4 Å². The van der Waals surface area contributed by atoms with E-state index >= 15 is 0 Å². The van der Waals surface area contributed by atoms with Crippen LogP contribution in [-0.2, 0) is 4.74 Å². The molecule has 2 heterocycles. The Morgan fingerprint density at radius 3 is 2.50 bits per heavy atom. The molecule has 0 bridgehead atoms. The van der Waals surface area contributed by atoms with Crippen molar-refractivity contribution < 1.29 is 9.13 Å². The molecular weight excluding hydrogens is 333 g/mol. The van der Waals surface area contributed by atoms with Crippen LogP contribution >= 0.6 is 0 Å². The second-order valence-electron chi connectivity index (χ2n) is 6.19. The highest BCUT2D eigenvalue weighted by molar-refractivity contribution is 5.88. The number of ether oxygens (including phenoxy) is 1. The largest absolute Gasteiger partial charge is 0.383 e. The summed E-state index contributed by atoms with van der Waals surface area (Å²) in [5, 5.41) is 6.47. The fourth-order valence-electron chi connectivity index (χ4n) is 2.51. The molecule has 0 aliphatic heterocycles. The molecule has 0 atom stereocenters. The number of nitrogens with zero attached hydrogens (tertiary/aromatic N) is 3. The van der Waals surface area contributed by atoms with Gasteiger partial charge in [0.2, 0.25) is 5.95 Å². The number of pyridine rings is 1. The van der Waals surface area contributed by atoms with Gasteiger partial charge in [-0.05, 0) is 50.2 Å². The Kier molecular flexibility index (Phi) is 5.58. The lowest BCUT2D eigenvalue weighted by molar-refractivity contribution is 0.210. The number of fused-ring (bicyclic) bond motifs is 1. The third kappa shape index (κ3) is 4.23. The highest BCUT2D eigenvalue weighted by Gasteiger charge is 2.12. The van der Waals surface area contributed by atoms with Crippen LogP contribution in [0, 0.1) is 5.82 Å². The highest BCUT2D eigenvalue weighted by atomic mass is 19.1. The Hall–Kier alpha value is -2.80. The number of halogens is 1. The number of nitrogens with one attached hydrogen (secondary N) is 2. The van der Waals surface area contributed by atoms with Gasteiger partial charge >= 0.3 is 0 Å².